The van der Waals surface area contributed by atoms with Gasteiger partial charge in [-0.2, -0.15) is 0 Å². The van der Waals surface area contributed by atoms with E-state index in [4.69, 9.17) is 10.5 Å². The van der Waals surface area contributed by atoms with Gasteiger partial charge < -0.3 is 15.4 Å². The smallest absolute Gasteiger partial charge is 0.254 e. The summed E-state index contributed by atoms with van der Waals surface area (Å²) >= 11 is 1.70. The van der Waals surface area contributed by atoms with E-state index >= 15 is 0 Å². The fraction of sp³-hybridized carbons (Fsp3) is 0.250. The van der Waals surface area contributed by atoms with Crippen LogP contribution >= 0.6 is 11.3 Å². The predicted octanol–water partition coefficient (Wildman–Crippen LogP) is 3.98. The van der Waals surface area contributed by atoms with Crippen LogP contribution in [0, 0.1) is 5.41 Å². The van der Waals surface area contributed by atoms with Gasteiger partial charge in [0, 0.05) is 23.5 Å². The SMILES string of the molecule is COc1cccc(C(=O)N2CCC(Cc3ccc(-c4cccs4)cc3)(C(N)=O)C2)c1. The van der Waals surface area contributed by atoms with Gasteiger partial charge in [0.1, 0.15) is 5.75 Å². The van der Waals surface area contributed by atoms with Crippen molar-refractivity contribution in [3.05, 3.63) is 77.2 Å². The zero-order valence-corrected chi connectivity index (χ0v) is 17.7. The monoisotopic (exact) mass is 420 g/mol. The molecular weight excluding hydrogens is 396 g/mol. The van der Waals surface area contributed by atoms with Crippen LogP contribution in [0.2, 0.25) is 0 Å². The Morgan fingerprint density at radius 1 is 1.13 bits per heavy atom. The first-order valence-electron chi connectivity index (χ1n) is 9.87. The maximum absolute atomic E-state index is 13.0. The second-order valence-corrected chi connectivity index (χ2v) is 8.65. The number of methoxy groups -OCH3 is 1. The van der Waals surface area contributed by atoms with E-state index in [-0.39, 0.29) is 11.8 Å². The van der Waals surface area contributed by atoms with Crippen LogP contribution in [0.3, 0.4) is 0 Å². The van der Waals surface area contributed by atoms with Crippen LogP contribution in [0.15, 0.2) is 66.0 Å². The summed E-state index contributed by atoms with van der Waals surface area (Å²) in [6, 6.07) is 19.4. The number of carbonyl (C=O) groups is 2. The van der Waals surface area contributed by atoms with E-state index in [0.29, 0.717) is 37.2 Å². The van der Waals surface area contributed by atoms with Crippen LogP contribution in [0.4, 0.5) is 0 Å². The Bertz CT molecular complexity index is 1050. The molecule has 4 rings (SSSR count). The Hall–Kier alpha value is -3.12. The van der Waals surface area contributed by atoms with Crippen LogP contribution < -0.4 is 10.5 Å². The Balaban J connectivity index is 1.51. The highest BCUT2D eigenvalue weighted by atomic mass is 32.1. The Kier molecular flexibility index (Phi) is 5.59. The first-order valence-corrected chi connectivity index (χ1v) is 10.7. The van der Waals surface area contributed by atoms with Crippen molar-refractivity contribution in [1.82, 2.24) is 4.90 Å². The molecule has 2 N–H and O–H groups in total. The van der Waals surface area contributed by atoms with Gasteiger partial charge in [0.05, 0.1) is 12.5 Å². The second-order valence-electron chi connectivity index (χ2n) is 7.70. The van der Waals surface area contributed by atoms with Gasteiger partial charge in [0.2, 0.25) is 5.91 Å². The van der Waals surface area contributed by atoms with Crippen LogP contribution in [0.1, 0.15) is 22.3 Å². The van der Waals surface area contributed by atoms with E-state index in [1.807, 2.05) is 18.2 Å². The van der Waals surface area contributed by atoms with Crippen LogP contribution in [0.25, 0.3) is 10.4 Å². The largest absolute Gasteiger partial charge is 0.497 e. The number of hydrogen-bond acceptors (Lipinski definition) is 4. The minimum atomic E-state index is -0.751. The van der Waals surface area contributed by atoms with E-state index in [9.17, 15) is 9.59 Å². The molecule has 154 valence electrons. The fourth-order valence-electron chi connectivity index (χ4n) is 4.04. The minimum absolute atomic E-state index is 0.106. The average molecular weight is 421 g/mol. The number of hydrogen-bond donors (Lipinski definition) is 1. The van der Waals surface area contributed by atoms with E-state index < -0.39 is 5.41 Å². The fourth-order valence-corrected chi connectivity index (χ4v) is 4.77. The summed E-state index contributed by atoms with van der Waals surface area (Å²) in [5, 5.41) is 2.05. The molecular formula is C24H24N2O3S. The predicted molar refractivity (Wildman–Crippen MR) is 119 cm³/mol. The number of carbonyl (C=O) groups excluding carboxylic acids is 2. The van der Waals surface area contributed by atoms with Gasteiger partial charge in [-0.05, 0) is 53.6 Å². The van der Waals surface area contributed by atoms with Crippen molar-refractivity contribution in [1.29, 1.82) is 0 Å². The molecule has 0 spiro atoms. The number of benzene rings is 2. The number of primary amides is 1. The lowest BCUT2D eigenvalue weighted by Crippen LogP contribution is -2.42. The topological polar surface area (TPSA) is 72.6 Å². The van der Waals surface area contributed by atoms with Gasteiger partial charge in [-0.3, -0.25) is 9.59 Å². The summed E-state index contributed by atoms with van der Waals surface area (Å²) in [6.07, 6.45) is 1.08. The van der Waals surface area contributed by atoms with Crippen LogP contribution in [-0.2, 0) is 11.2 Å². The molecule has 1 atom stereocenters. The molecule has 1 fully saturated rings. The molecule has 0 saturated carbocycles. The summed E-state index contributed by atoms with van der Waals surface area (Å²) in [5.74, 6) is 0.169. The lowest BCUT2D eigenvalue weighted by Gasteiger charge is -2.26. The highest BCUT2D eigenvalue weighted by Gasteiger charge is 2.44. The van der Waals surface area contributed by atoms with Crippen molar-refractivity contribution < 1.29 is 14.3 Å². The highest BCUT2D eigenvalue weighted by Crippen LogP contribution is 2.36. The van der Waals surface area contributed by atoms with E-state index in [1.165, 1.54) is 4.88 Å². The van der Waals surface area contributed by atoms with Crippen molar-refractivity contribution in [3.8, 4) is 16.2 Å². The van der Waals surface area contributed by atoms with Crippen molar-refractivity contribution in [2.75, 3.05) is 20.2 Å². The van der Waals surface area contributed by atoms with Gasteiger partial charge in [0.15, 0.2) is 0 Å². The van der Waals surface area contributed by atoms with Crippen LogP contribution in [0.5, 0.6) is 5.75 Å². The normalized spacial score (nSPS) is 18.4. The number of nitrogens with zero attached hydrogens (tertiary/aromatic N) is 1. The quantitative estimate of drug-likeness (QED) is 0.655. The van der Waals surface area contributed by atoms with Gasteiger partial charge in [0.25, 0.3) is 5.91 Å². The molecule has 30 heavy (non-hydrogen) atoms. The maximum Gasteiger partial charge on any atom is 0.254 e. The number of rotatable bonds is 6. The molecule has 2 heterocycles. The Morgan fingerprint density at radius 3 is 2.60 bits per heavy atom. The number of ether oxygens (including phenoxy) is 1. The van der Waals surface area contributed by atoms with Crippen molar-refractivity contribution in [3.63, 3.8) is 0 Å². The molecule has 0 aliphatic carbocycles. The van der Waals surface area contributed by atoms with Crippen molar-refractivity contribution >= 4 is 23.2 Å². The first-order chi connectivity index (χ1) is 14.5. The highest BCUT2D eigenvalue weighted by molar-refractivity contribution is 7.13. The molecule has 1 aliphatic heterocycles. The molecule has 1 unspecified atom stereocenters. The lowest BCUT2D eigenvalue weighted by atomic mass is 9.80. The van der Waals surface area contributed by atoms with Gasteiger partial charge >= 0.3 is 0 Å². The van der Waals surface area contributed by atoms with Gasteiger partial charge in [-0.1, -0.05) is 36.4 Å². The number of likely N-dealkylation sites (tertiary alicyclic amines) is 1. The van der Waals surface area contributed by atoms with E-state index in [0.717, 1.165) is 11.1 Å². The molecule has 2 aromatic carbocycles. The summed E-state index contributed by atoms with van der Waals surface area (Å²) in [6.45, 7) is 0.831. The maximum atomic E-state index is 13.0. The van der Waals surface area contributed by atoms with Gasteiger partial charge in [-0.25, -0.2) is 0 Å². The molecule has 2 amide bonds. The molecule has 1 aromatic heterocycles. The third-order valence-electron chi connectivity index (χ3n) is 5.78. The van der Waals surface area contributed by atoms with Crippen LogP contribution in [-0.4, -0.2) is 36.9 Å². The van der Waals surface area contributed by atoms with Gasteiger partial charge in [-0.15, -0.1) is 11.3 Å². The molecule has 0 radical (unpaired) electrons. The zero-order valence-electron chi connectivity index (χ0n) is 16.8. The second kappa shape index (κ2) is 8.32. The van der Waals surface area contributed by atoms with E-state index in [1.54, 1.807) is 47.6 Å². The first kappa shape index (κ1) is 20.2. The van der Waals surface area contributed by atoms with Crippen molar-refractivity contribution in [2.24, 2.45) is 11.1 Å². The molecule has 0 bridgehead atoms. The average Bonchev–Trinajstić information content (AvgIpc) is 3.45. The summed E-state index contributed by atoms with van der Waals surface area (Å²) in [7, 11) is 1.57. The number of thiophene rings is 1. The number of amides is 2. The summed E-state index contributed by atoms with van der Waals surface area (Å²) in [5.41, 5.74) is 7.84. The molecule has 1 saturated heterocycles. The van der Waals surface area contributed by atoms with Crippen molar-refractivity contribution in [2.45, 2.75) is 12.8 Å². The summed E-state index contributed by atoms with van der Waals surface area (Å²) in [4.78, 5) is 28.4. The summed E-state index contributed by atoms with van der Waals surface area (Å²) < 4.78 is 5.22. The minimum Gasteiger partial charge on any atom is -0.497 e. The zero-order chi connectivity index (χ0) is 21.1. The molecule has 6 heteroatoms. The Morgan fingerprint density at radius 2 is 1.93 bits per heavy atom. The lowest BCUT2D eigenvalue weighted by molar-refractivity contribution is -0.126. The third kappa shape index (κ3) is 3.96. The third-order valence-corrected chi connectivity index (χ3v) is 6.70. The van der Waals surface area contributed by atoms with E-state index in [2.05, 4.69) is 23.6 Å². The molecule has 1 aliphatic rings. The standard InChI is InChI=1S/C24H24N2O3S/c1-29-20-5-2-4-19(14-20)22(27)26-12-11-24(16-26,23(25)28)15-17-7-9-18(10-8-17)21-6-3-13-30-21/h2-10,13-14H,11-12,15-16H2,1H3,(H2,25,28). The Labute approximate surface area is 180 Å². The number of nitrogens with two attached hydrogens (primary N) is 1. The molecule has 3 aromatic rings. The molecule has 5 nitrogen and oxygen atoms in total.